The highest BCUT2D eigenvalue weighted by Crippen LogP contribution is 2.26. The zero-order valence-corrected chi connectivity index (χ0v) is 14.5. The van der Waals surface area contributed by atoms with Gasteiger partial charge in [-0.3, -0.25) is 19.8 Å². The molecule has 1 aromatic carbocycles. The number of nitrogens with two attached hydrogens (primary N) is 1. The Hall–Kier alpha value is -2.90. The lowest BCUT2D eigenvalue weighted by Gasteiger charge is -2.32. The molecule has 0 aromatic heterocycles. The van der Waals surface area contributed by atoms with Crippen LogP contribution in [0.25, 0.3) is 0 Å². The number of rotatable bonds is 8. The number of hydrogen-bond donors (Lipinski definition) is 4. The lowest BCUT2D eigenvalue weighted by molar-refractivity contribution is -0.137. The molecule has 0 bridgehead atoms. The van der Waals surface area contributed by atoms with Gasteiger partial charge in [0.1, 0.15) is 5.84 Å². The summed E-state index contributed by atoms with van der Waals surface area (Å²) in [6.07, 6.45) is 1.94. The Balaban J connectivity index is 1.91. The van der Waals surface area contributed by atoms with Gasteiger partial charge in [-0.15, -0.1) is 0 Å². The maximum atomic E-state index is 12.7. The average Bonchev–Trinajstić information content (AvgIpc) is 2.60. The number of carboxylic acid groups (broad SMARTS) is 1. The Morgan fingerprint density at radius 3 is 2.62 bits per heavy atom. The van der Waals surface area contributed by atoms with E-state index in [4.69, 9.17) is 16.2 Å². The predicted molar refractivity (Wildman–Crippen MR) is 97.0 cm³/mol. The van der Waals surface area contributed by atoms with Crippen molar-refractivity contribution in [3.05, 3.63) is 29.8 Å². The third-order valence-electron chi connectivity index (χ3n) is 4.36. The van der Waals surface area contributed by atoms with Crippen LogP contribution >= 0.6 is 0 Å². The van der Waals surface area contributed by atoms with Crippen molar-refractivity contribution in [3.63, 3.8) is 0 Å². The van der Waals surface area contributed by atoms with Crippen molar-refractivity contribution in [2.24, 2.45) is 11.7 Å². The van der Waals surface area contributed by atoms with Crippen LogP contribution in [0.3, 0.4) is 0 Å². The van der Waals surface area contributed by atoms with E-state index in [1.54, 1.807) is 29.2 Å². The van der Waals surface area contributed by atoms with E-state index in [0.717, 1.165) is 12.1 Å². The summed E-state index contributed by atoms with van der Waals surface area (Å²) in [5.41, 5.74) is 6.76. The number of carboxylic acids is 1. The first kappa shape index (κ1) is 19.4. The second-order valence-electron chi connectivity index (χ2n) is 6.34. The number of aliphatic carboxylic acids is 1. The van der Waals surface area contributed by atoms with E-state index in [0.29, 0.717) is 31.5 Å². The summed E-state index contributed by atoms with van der Waals surface area (Å²) in [6, 6.07) is 6.90. The Labute approximate surface area is 151 Å². The van der Waals surface area contributed by atoms with E-state index in [9.17, 15) is 14.4 Å². The van der Waals surface area contributed by atoms with E-state index in [-0.39, 0.29) is 36.4 Å². The maximum absolute atomic E-state index is 12.7. The predicted octanol–water partition coefficient (Wildman–Crippen LogP) is 1.08. The fourth-order valence-electron chi connectivity index (χ4n) is 2.98. The average molecular weight is 360 g/mol. The monoisotopic (exact) mass is 360 g/mol. The minimum Gasteiger partial charge on any atom is -0.481 e. The van der Waals surface area contributed by atoms with Crippen LogP contribution in [0.4, 0.5) is 5.69 Å². The first-order chi connectivity index (χ1) is 12.4. The van der Waals surface area contributed by atoms with Crippen LogP contribution < -0.4 is 16.0 Å². The summed E-state index contributed by atoms with van der Waals surface area (Å²) in [4.78, 5) is 36.8. The number of nitrogens with one attached hydrogen (secondary N) is 2. The van der Waals surface area contributed by atoms with E-state index < -0.39 is 5.97 Å². The van der Waals surface area contributed by atoms with Gasteiger partial charge in [0.25, 0.3) is 0 Å². The summed E-state index contributed by atoms with van der Waals surface area (Å²) in [7, 11) is 0. The normalized spacial score (nSPS) is 17.0. The molecule has 0 aliphatic carbocycles. The summed E-state index contributed by atoms with van der Waals surface area (Å²) in [5, 5.41) is 18.7. The molecule has 1 aromatic rings. The van der Waals surface area contributed by atoms with Crippen LogP contribution in [0, 0.1) is 11.3 Å². The van der Waals surface area contributed by atoms with Crippen molar-refractivity contribution >= 4 is 29.3 Å². The lowest BCUT2D eigenvalue weighted by Crippen LogP contribution is -2.43. The fourth-order valence-corrected chi connectivity index (χ4v) is 2.98. The highest BCUT2D eigenvalue weighted by Gasteiger charge is 2.31. The largest absolute Gasteiger partial charge is 0.481 e. The van der Waals surface area contributed by atoms with Crippen LogP contribution in [0.2, 0.25) is 0 Å². The third kappa shape index (κ3) is 5.30. The zero-order valence-electron chi connectivity index (χ0n) is 14.5. The van der Waals surface area contributed by atoms with Crippen molar-refractivity contribution in [1.29, 1.82) is 5.41 Å². The molecule has 140 valence electrons. The van der Waals surface area contributed by atoms with Crippen molar-refractivity contribution in [3.8, 4) is 0 Å². The van der Waals surface area contributed by atoms with Crippen LogP contribution in [0.15, 0.2) is 24.3 Å². The Morgan fingerprint density at radius 1 is 1.31 bits per heavy atom. The lowest BCUT2D eigenvalue weighted by atomic mass is 9.93. The molecule has 26 heavy (non-hydrogen) atoms. The molecular weight excluding hydrogens is 336 g/mol. The molecule has 0 saturated carbocycles. The van der Waals surface area contributed by atoms with E-state index in [1.807, 2.05) is 0 Å². The summed E-state index contributed by atoms with van der Waals surface area (Å²) >= 11 is 0. The van der Waals surface area contributed by atoms with Gasteiger partial charge < -0.3 is 21.1 Å². The van der Waals surface area contributed by atoms with Gasteiger partial charge in [0.05, 0.1) is 0 Å². The van der Waals surface area contributed by atoms with E-state index >= 15 is 0 Å². The van der Waals surface area contributed by atoms with Crippen LogP contribution in [-0.4, -0.2) is 41.8 Å². The van der Waals surface area contributed by atoms with Gasteiger partial charge in [-0.05, 0) is 43.5 Å². The molecule has 0 spiro atoms. The first-order valence-corrected chi connectivity index (χ1v) is 8.63. The minimum atomic E-state index is -0.895. The van der Waals surface area contributed by atoms with E-state index in [2.05, 4.69) is 5.32 Å². The first-order valence-electron chi connectivity index (χ1n) is 8.63. The van der Waals surface area contributed by atoms with Gasteiger partial charge in [-0.1, -0.05) is 0 Å². The molecule has 1 saturated heterocycles. The quantitative estimate of drug-likeness (QED) is 0.312. The smallest absolute Gasteiger partial charge is 0.303 e. The van der Waals surface area contributed by atoms with Gasteiger partial charge in [-0.2, -0.15) is 0 Å². The summed E-state index contributed by atoms with van der Waals surface area (Å²) in [6.45, 7) is 0.886. The Bertz CT molecular complexity index is 687. The Morgan fingerprint density at radius 2 is 2.00 bits per heavy atom. The molecule has 2 rings (SSSR count). The number of anilines is 1. The van der Waals surface area contributed by atoms with Gasteiger partial charge in [0.15, 0.2) is 0 Å². The number of nitrogen functional groups attached to an aromatic ring is 1. The molecular formula is C18H24N4O4. The number of carbonyl (C=O) groups excluding carboxylic acids is 2. The van der Waals surface area contributed by atoms with Gasteiger partial charge in [-0.25, -0.2) is 0 Å². The molecule has 2 amide bonds. The standard InChI is InChI=1S/C18H24N4O4/c19-17(20)12-5-7-14(8-6-12)22-10-2-3-13(18(22)26)11-15(23)21-9-1-4-16(24)25/h5-8,13H,1-4,9-11H2,(H3,19,20)(H,21,23)(H,24,25). The number of hydrogen-bond acceptors (Lipinski definition) is 4. The highest BCUT2D eigenvalue weighted by atomic mass is 16.4. The second kappa shape index (κ2) is 8.98. The fraction of sp³-hybridized carbons (Fsp3) is 0.444. The molecule has 1 atom stereocenters. The third-order valence-corrected chi connectivity index (χ3v) is 4.36. The summed E-state index contributed by atoms with van der Waals surface area (Å²) in [5.74, 6) is -1.63. The number of amides is 2. The second-order valence-corrected chi connectivity index (χ2v) is 6.34. The molecule has 1 aliphatic heterocycles. The maximum Gasteiger partial charge on any atom is 0.303 e. The van der Waals surface area contributed by atoms with Crippen molar-refractivity contribution in [1.82, 2.24) is 5.32 Å². The topological polar surface area (TPSA) is 137 Å². The molecule has 8 nitrogen and oxygen atoms in total. The molecule has 1 unspecified atom stereocenters. The zero-order chi connectivity index (χ0) is 19.1. The molecule has 8 heteroatoms. The molecule has 1 fully saturated rings. The van der Waals surface area contributed by atoms with Crippen molar-refractivity contribution in [2.75, 3.05) is 18.0 Å². The minimum absolute atomic E-state index is 0.00662. The molecule has 1 aliphatic rings. The highest BCUT2D eigenvalue weighted by molar-refractivity contribution is 5.99. The number of benzene rings is 1. The number of nitrogens with zero attached hydrogens (tertiary/aromatic N) is 1. The molecule has 5 N–H and O–H groups in total. The van der Waals surface area contributed by atoms with Crippen LogP contribution in [0.5, 0.6) is 0 Å². The van der Waals surface area contributed by atoms with E-state index in [1.165, 1.54) is 0 Å². The number of carbonyl (C=O) groups is 3. The van der Waals surface area contributed by atoms with Crippen molar-refractivity contribution in [2.45, 2.75) is 32.1 Å². The molecule has 0 radical (unpaired) electrons. The SMILES string of the molecule is N=C(N)c1ccc(N2CCCC(CC(=O)NCCCC(=O)O)C2=O)cc1. The Kier molecular flexibility index (Phi) is 6.71. The van der Waals surface area contributed by atoms with Crippen LogP contribution in [0.1, 0.15) is 37.7 Å². The number of amidine groups is 1. The summed E-state index contributed by atoms with van der Waals surface area (Å²) < 4.78 is 0. The van der Waals surface area contributed by atoms with Gasteiger partial charge >= 0.3 is 5.97 Å². The van der Waals surface area contributed by atoms with Crippen molar-refractivity contribution < 1.29 is 19.5 Å². The van der Waals surface area contributed by atoms with Gasteiger partial charge in [0, 0.05) is 43.1 Å². The van der Waals surface area contributed by atoms with Crippen LogP contribution in [-0.2, 0) is 14.4 Å². The number of piperidine rings is 1. The molecule has 1 heterocycles. The van der Waals surface area contributed by atoms with Gasteiger partial charge in [0.2, 0.25) is 11.8 Å².